The summed E-state index contributed by atoms with van der Waals surface area (Å²) in [6, 6.07) is 0.873. The highest BCUT2D eigenvalue weighted by Crippen LogP contribution is 2.24. The molecule has 1 aliphatic heterocycles. The van der Waals surface area contributed by atoms with Gasteiger partial charge in [-0.05, 0) is 59.4 Å². The Hall–Kier alpha value is -0.610. The van der Waals surface area contributed by atoms with Crippen LogP contribution in [0.25, 0.3) is 0 Å². The Balaban J connectivity index is 2.60. The summed E-state index contributed by atoms with van der Waals surface area (Å²) in [5, 5.41) is 3.37. The number of methoxy groups -OCH3 is 1. The highest BCUT2D eigenvalue weighted by Gasteiger charge is 2.35. The lowest BCUT2D eigenvalue weighted by Crippen LogP contribution is -2.55. The fourth-order valence-electron chi connectivity index (χ4n) is 3.25. The number of likely N-dealkylation sites (tertiary alicyclic amines) is 1. The topological polar surface area (TPSA) is 41.6 Å². The molecule has 3 atom stereocenters. The quantitative estimate of drug-likeness (QED) is 0.761. The van der Waals surface area contributed by atoms with Crippen LogP contribution in [-0.4, -0.2) is 48.7 Å². The van der Waals surface area contributed by atoms with Gasteiger partial charge in [0.15, 0.2) is 0 Å². The van der Waals surface area contributed by atoms with Gasteiger partial charge in [-0.25, -0.2) is 0 Å². The molecule has 0 radical (unpaired) electrons. The highest BCUT2D eigenvalue weighted by molar-refractivity contribution is 5.80. The molecule has 1 fully saturated rings. The molecule has 20 heavy (non-hydrogen) atoms. The van der Waals surface area contributed by atoms with E-state index in [9.17, 15) is 4.79 Å². The Morgan fingerprint density at radius 2 is 2.10 bits per heavy atom. The van der Waals surface area contributed by atoms with Crippen molar-refractivity contribution in [3.63, 3.8) is 0 Å². The summed E-state index contributed by atoms with van der Waals surface area (Å²) >= 11 is 0. The van der Waals surface area contributed by atoms with Gasteiger partial charge in [-0.1, -0.05) is 6.92 Å². The van der Waals surface area contributed by atoms with Gasteiger partial charge in [0.2, 0.25) is 0 Å². The summed E-state index contributed by atoms with van der Waals surface area (Å²) in [5.41, 5.74) is -0.592. The second-order valence-electron chi connectivity index (χ2n) is 6.89. The number of hydrogen-bond donors (Lipinski definition) is 1. The van der Waals surface area contributed by atoms with Crippen molar-refractivity contribution in [2.45, 2.75) is 71.5 Å². The molecule has 0 aromatic carbocycles. The van der Waals surface area contributed by atoms with E-state index in [1.165, 1.54) is 20.0 Å². The molecule has 0 aromatic rings. The standard InChI is InChI=1S/C16H32N2O2/c1-12(2)17-16(5,15(19)20-6)8-10-18-9-7-13(3)11-14(18)4/h12-14,17H,7-11H2,1-6H3. The van der Waals surface area contributed by atoms with Gasteiger partial charge in [0.1, 0.15) is 5.54 Å². The summed E-state index contributed by atoms with van der Waals surface area (Å²) in [7, 11) is 1.47. The second-order valence-corrected chi connectivity index (χ2v) is 6.89. The zero-order chi connectivity index (χ0) is 15.3. The van der Waals surface area contributed by atoms with Crippen molar-refractivity contribution < 1.29 is 9.53 Å². The molecule has 1 rings (SSSR count). The van der Waals surface area contributed by atoms with Crippen molar-refractivity contribution in [3.8, 4) is 0 Å². The summed E-state index contributed by atoms with van der Waals surface area (Å²) in [6.45, 7) is 12.8. The van der Waals surface area contributed by atoms with E-state index in [1.807, 2.05) is 6.92 Å². The van der Waals surface area contributed by atoms with Gasteiger partial charge in [0.05, 0.1) is 7.11 Å². The Labute approximate surface area is 124 Å². The molecule has 0 amide bonds. The van der Waals surface area contributed by atoms with E-state index in [4.69, 9.17) is 4.74 Å². The maximum atomic E-state index is 12.1. The van der Waals surface area contributed by atoms with Crippen LogP contribution in [0.4, 0.5) is 0 Å². The first-order chi connectivity index (χ1) is 9.28. The minimum Gasteiger partial charge on any atom is -0.468 e. The summed E-state index contributed by atoms with van der Waals surface area (Å²) in [5.74, 6) is 0.659. The average Bonchev–Trinajstić information content (AvgIpc) is 2.35. The lowest BCUT2D eigenvalue weighted by atomic mass is 9.91. The molecule has 0 bridgehead atoms. The number of rotatable bonds is 6. The molecule has 118 valence electrons. The van der Waals surface area contributed by atoms with Crippen LogP contribution in [0.15, 0.2) is 0 Å². The molecule has 0 aromatic heterocycles. The summed E-state index contributed by atoms with van der Waals surface area (Å²) in [4.78, 5) is 14.6. The van der Waals surface area contributed by atoms with Crippen molar-refractivity contribution in [2.24, 2.45) is 5.92 Å². The van der Waals surface area contributed by atoms with Gasteiger partial charge in [0.25, 0.3) is 0 Å². The van der Waals surface area contributed by atoms with Crippen molar-refractivity contribution in [1.29, 1.82) is 0 Å². The van der Waals surface area contributed by atoms with Gasteiger partial charge in [-0.15, -0.1) is 0 Å². The van der Waals surface area contributed by atoms with Crippen LogP contribution in [0.3, 0.4) is 0 Å². The van der Waals surface area contributed by atoms with E-state index >= 15 is 0 Å². The Bertz CT molecular complexity index is 320. The first kappa shape index (κ1) is 17.4. The molecular weight excluding hydrogens is 252 g/mol. The fraction of sp³-hybridized carbons (Fsp3) is 0.938. The normalized spacial score (nSPS) is 27.4. The fourth-order valence-corrected chi connectivity index (χ4v) is 3.25. The third kappa shape index (κ3) is 4.74. The van der Waals surface area contributed by atoms with E-state index in [2.05, 4.69) is 37.9 Å². The van der Waals surface area contributed by atoms with Gasteiger partial charge >= 0.3 is 5.97 Å². The van der Waals surface area contributed by atoms with Crippen LogP contribution >= 0.6 is 0 Å². The molecule has 1 saturated heterocycles. The van der Waals surface area contributed by atoms with E-state index in [0.29, 0.717) is 6.04 Å². The summed E-state index contributed by atoms with van der Waals surface area (Å²) in [6.07, 6.45) is 3.31. The van der Waals surface area contributed by atoms with Crippen LogP contribution in [-0.2, 0) is 9.53 Å². The van der Waals surface area contributed by atoms with E-state index in [0.717, 1.165) is 25.4 Å². The molecule has 4 heteroatoms. The number of ether oxygens (including phenoxy) is 1. The van der Waals surface area contributed by atoms with E-state index in [1.54, 1.807) is 0 Å². The average molecular weight is 284 g/mol. The molecule has 0 spiro atoms. The van der Waals surface area contributed by atoms with Crippen LogP contribution < -0.4 is 5.32 Å². The van der Waals surface area contributed by atoms with Gasteiger partial charge in [0, 0.05) is 18.6 Å². The Kier molecular flexibility index (Phi) is 6.46. The first-order valence-corrected chi connectivity index (χ1v) is 7.88. The number of nitrogens with zero attached hydrogens (tertiary/aromatic N) is 1. The number of nitrogens with one attached hydrogen (secondary N) is 1. The Morgan fingerprint density at radius 3 is 2.60 bits per heavy atom. The van der Waals surface area contributed by atoms with Crippen LogP contribution in [0.2, 0.25) is 0 Å². The number of piperidine rings is 1. The minimum absolute atomic E-state index is 0.163. The second kappa shape index (κ2) is 7.41. The largest absolute Gasteiger partial charge is 0.468 e. The number of carbonyl (C=O) groups excluding carboxylic acids is 1. The third-order valence-electron chi connectivity index (χ3n) is 4.42. The predicted molar refractivity (Wildman–Crippen MR) is 82.7 cm³/mol. The van der Waals surface area contributed by atoms with Crippen molar-refractivity contribution in [3.05, 3.63) is 0 Å². The predicted octanol–water partition coefficient (Wildman–Crippen LogP) is 2.43. The molecule has 4 nitrogen and oxygen atoms in total. The smallest absolute Gasteiger partial charge is 0.325 e. The molecule has 1 N–H and O–H groups in total. The van der Waals surface area contributed by atoms with Crippen LogP contribution in [0.1, 0.15) is 53.9 Å². The number of esters is 1. The zero-order valence-corrected chi connectivity index (χ0v) is 14.0. The van der Waals surface area contributed by atoms with Gasteiger partial charge in [-0.3, -0.25) is 10.1 Å². The SMILES string of the molecule is COC(=O)C(C)(CCN1CCC(C)CC1C)NC(C)C. The van der Waals surface area contributed by atoms with E-state index in [-0.39, 0.29) is 12.0 Å². The lowest BCUT2D eigenvalue weighted by molar-refractivity contribution is -0.148. The van der Waals surface area contributed by atoms with Crippen LogP contribution in [0.5, 0.6) is 0 Å². The molecule has 1 heterocycles. The van der Waals surface area contributed by atoms with E-state index < -0.39 is 5.54 Å². The minimum atomic E-state index is -0.592. The molecule has 0 saturated carbocycles. The lowest BCUT2D eigenvalue weighted by Gasteiger charge is -2.39. The molecule has 1 aliphatic rings. The van der Waals surface area contributed by atoms with Crippen molar-refractivity contribution in [2.75, 3.05) is 20.2 Å². The monoisotopic (exact) mass is 284 g/mol. The van der Waals surface area contributed by atoms with Crippen molar-refractivity contribution >= 4 is 5.97 Å². The summed E-state index contributed by atoms with van der Waals surface area (Å²) < 4.78 is 4.98. The Morgan fingerprint density at radius 1 is 1.45 bits per heavy atom. The van der Waals surface area contributed by atoms with Gasteiger partial charge < -0.3 is 9.64 Å². The van der Waals surface area contributed by atoms with Gasteiger partial charge in [-0.2, -0.15) is 0 Å². The molecular formula is C16H32N2O2. The maximum Gasteiger partial charge on any atom is 0.325 e. The van der Waals surface area contributed by atoms with Crippen LogP contribution in [0, 0.1) is 5.92 Å². The first-order valence-electron chi connectivity index (χ1n) is 7.88. The molecule has 3 unspecified atom stereocenters. The van der Waals surface area contributed by atoms with Crippen molar-refractivity contribution in [1.82, 2.24) is 10.2 Å². The maximum absolute atomic E-state index is 12.1. The zero-order valence-electron chi connectivity index (χ0n) is 14.0. The number of carbonyl (C=O) groups is 1. The number of hydrogen-bond acceptors (Lipinski definition) is 4. The third-order valence-corrected chi connectivity index (χ3v) is 4.42. The highest BCUT2D eigenvalue weighted by atomic mass is 16.5. The molecule has 0 aliphatic carbocycles.